The van der Waals surface area contributed by atoms with Crippen LogP contribution in [0.1, 0.15) is 17.9 Å². The highest BCUT2D eigenvalue weighted by molar-refractivity contribution is 5.96. The van der Waals surface area contributed by atoms with Gasteiger partial charge < -0.3 is 4.74 Å². The lowest BCUT2D eigenvalue weighted by atomic mass is 10.1. The molecule has 2 unspecified atom stereocenters. The Bertz CT molecular complexity index is 457. The molecule has 2 amide bonds. The van der Waals surface area contributed by atoms with E-state index in [1.807, 2.05) is 30.3 Å². The summed E-state index contributed by atoms with van der Waals surface area (Å²) in [7, 11) is 0. The highest BCUT2D eigenvalue weighted by Gasteiger charge is 2.48. The molecule has 2 fully saturated rings. The number of rotatable bonds is 2. The Morgan fingerprint density at radius 3 is 2.71 bits per heavy atom. The molecule has 0 radical (unpaired) electrons. The molecule has 1 saturated carbocycles. The van der Waals surface area contributed by atoms with Gasteiger partial charge in [0.1, 0.15) is 6.61 Å². The van der Waals surface area contributed by atoms with Gasteiger partial charge >= 0.3 is 6.09 Å². The van der Waals surface area contributed by atoms with Gasteiger partial charge in [0.15, 0.2) is 0 Å². The van der Waals surface area contributed by atoms with Crippen LogP contribution in [0, 0.1) is 5.92 Å². The molecule has 1 aromatic carbocycles. The van der Waals surface area contributed by atoms with Crippen molar-refractivity contribution in [2.45, 2.75) is 12.3 Å². The molecule has 0 spiro atoms. The highest BCUT2D eigenvalue weighted by atomic mass is 16.6. The number of hydrogen-bond acceptors (Lipinski definition) is 3. The molecule has 1 saturated heterocycles. The van der Waals surface area contributed by atoms with Crippen LogP contribution in [0.5, 0.6) is 0 Å². The molecule has 1 aromatic rings. The zero-order valence-corrected chi connectivity index (χ0v) is 9.33. The predicted octanol–water partition coefficient (Wildman–Crippen LogP) is 1.77. The van der Waals surface area contributed by atoms with Crippen LogP contribution in [0.2, 0.25) is 0 Å². The van der Waals surface area contributed by atoms with Crippen molar-refractivity contribution >= 4 is 12.0 Å². The maximum absolute atomic E-state index is 12.0. The predicted molar refractivity (Wildman–Crippen MR) is 60.4 cm³/mol. The second kappa shape index (κ2) is 3.87. The van der Waals surface area contributed by atoms with Crippen LogP contribution in [-0.2, 0) is 9.53 Å². The maximum Gasteiger partial charge on any atom is 0.416 e. The number of ether oxygens (including phenoxy) is 1. The van der Waals surface area contributed by atoms with E-state index in [1.54, 1.807) is 0 Å². The van der Waals surface area contributed by atoms with Gasteiger partial charge in [0.25, 0.3) is 0 Å². The number of amides is 2. The summed E-state index contributed by atoms with van der Waals surface area (Å²) in [5, 5.41) is 0. The summed E-state index contributed by atoms with van der Waals surface area (Å²) >= 11 is 0. The summed E-state index contributed by atoms with van der Waals surface area (Å²) < 4.78 is 4.77. The van der Waals surface area contributed by atoms with Gasteiger partial charge in [-0.25, -0.2) is 9.69 Å². The van der Waals surface area contributed by atoms with Gasteiger partial charge in [-0.1, -0.05) is 30.3 Å². The average Bonchev–Trinajstić information content (AvgIpc) is 3.05. The van der Waals surface area contributed by atoms with E-state index < -0.39 is 6.09 Å². The Morgan fingerprint density at radius 1 is 1.29 bits per heavy atom. The third-order valence-corrected chi connectivity index (χ3v) is 3.36. The third kappa shape index (κ3) is 1.79. The number of nitrogens with zero attached hydrogens (tertiary/aromatic N) is 1. The average molecular weight is 231 g/mol. The second-order valence-corrected chi connectivity index (χ2v) is 4.46. The van der Waals surface area contributed by atoms with Crippen LogP contribution in [-0.4, -0.2) is 30.1 Å². The van der Waals surface area contributed by atoms with Crippen LogP contribution in [0.25, 0.3) is 0 Å². The monoisotopic (exact) mass is 231 g/mol. The van der Waals surface area contributed by atoms with Crippen molar-refractivity contribution in [1.29, 1.82) is 0 Å². The van der Waals surface area contributed by atoms with E-state index in [2.05, 4.69) is 0 Å². The first-order valence-electron chi connectivity index (χ1n) is 5.80. The fraction of sp³-hybridized carbons (Fsp3) is 0.385. The lowest BCUT2D eigenvalue weighted by Gasteiger charge is -2.10. The first kappa shape index (κ1) is 10.3. The molecule has 88 valence electrons. The van der Waals surface area contributed by atoms with Crippen LogP contribution >= 0.6 is 0 Å². The SMILES string of the molecule is O=C1OCCN1C(=O)C1CC1c1ccccc1. The standard InChI is InChI=1S/C13H13NO3/c15-12(14-6-7-17-13(14)16)11-8-10(11)9-4-2-1-3-5-9/h1-5,10-11H,6-8H2. The number of carbonyl (C=O) groups excluding carboxylic acids is 2. The van der Waals surface area contributed by atoms with Gasteiger partial charge in [0.2, 0.25) is 5.91 Å². The normalized spacial score (nSPS) is 26.8. The van der Waals surface area contributed by atoms with Gasteiger partial charge in [-0.3, -0.25) is 4.79 Å². The van der Waals surface area contributed by atoms with Crippen LogP contribution in [0.15, 0.2) is 30.3 Å². The summed E-state index contributed by atoms with van der Waals surface area (Å²) in [4.78, 5) is 24.5. The smallest absolute Gasteiger partial charge is 0.416 e. The van der Waals surface area contributed by atoms with E-state index in [0.717, 1.165) is 6.42 Å². The molecule has 1 heterocycles. The fourth-order valence-corrected chi connectivity index (χ4v) is 2.33. The summed E-state index contributed by atoms with van der Waals surface area (Å²) in [5.74, 6) is 0.154. The zero-order valence-electron chi connectivity index (χ0n) is 9.33. The molecule has 4 nitrogen and oxygen atoms in total. The molecule has 4 heteroatoms. The maximum atomic E-state index is 12.0. The van der Waals surface area contributed by atoms with E-state index in [1.165, 1.54) is 10.5 Å². The van der Waals surface area contributed by atoms with Crippen LogP contribution in [0.4, 0.5) is 4.79 Å². The van der Waals surface area contributed by atoms with Gasteiger partial charge in [-0.05, 0) is 17.9 Å². The Hall–Kier alpha value is -1.84. The summed E-state index contributed by atoms with van der Waals surface area (Å²) in [6, 6.07) is 9.96. The molecule has 17 heavy (non-hydrogen) atoms. The van der Waals surface area contributed by atoms with Gasteiger partial charge in [-0.15, -0.1) is 0 Å². The molecule has 2 atom stereocenters. The van der Waals surface area contributed by atoms with Gasteiger partial charge in [0.05, 0.1) is 6.54 Å². The van der Waals surface area contributed by atoms with Crippen LogP contribution in [0.3, 0.4) is 0 Å². The highest BCUT2D eigenvalue weighted by Crippen LogP contribution is 2.48. The van der Waals surface area contributed by atoms with E-state index in [-0.39, 0.29) is 17.7 Å². The molecule has 1 aliphatic carbocycles. The largest absolute Gasteiger partial charge is 0.447 e. The van der Waals surface area contributed by atoms with E-state index >= 15 is 0 Å². The van der Waals surface area contributed by atoms with Crippen molar-refractivity contribution in [3.05, 3.63) is 35.9 Å². The van der Waals surface area contributed by atoms with Crippen molar-refractivity contribution in [3.63, 3.8) is 0 Å². The summed E-state index contributed by atoms with van der Waals surface area (Å²) in [6.07, 6.45) is 0.348. The number of carbonyl (C=O) groups is 2. The Morgan fingerprint density at radius 2 is 2.06 bits per heavy atom. The first-order valence-corrected chi connectivity index (χ1v) is 5.80. The topological polar surface area (TPSA) is 46.6 Å². The van der Waals surface area contributed by atoms with Crippen molar-refractivity contribution in [2.75, 3.05) is 13.2 Å². The molecule has 1 aliphatic heterocycles. The minimum atomic E-state index is -0.492. The minimum Gasteiger partial charge on any atom is -0.447 e. The zero-order chi connectivity index (χ0) is 11.8. The van der Waals surface area contributed by atoms with Crippen molar-refractivity contribution in [1.82, 2.24) is 4.90 Å². The molecule has 0 N–H and O–H groups in total. The molecule has 0 aromatic heterocycles. The van der Waals surface area contributed by atoms with E-state index in [4.69, 9.17) is 4.74 Å². The van der Waals surface area contributed by atoms with Crippen molar-refractivity contribution in [3.8, 4) is 0 Å². The first-order chi connectivity index (χ1) is 8.27. The molecule has 3 rings (SSSR count). The quantitative estimate of drug-likeness (QED) is 0.779. The van der Waals surface area contributed by atoms with Crippen molar-refractivity contribution in [2.24, 2.45) is 5.92 Å². The van der Waals surface area contributed by atoms with Gasteiger partial charge in [0, 0.05) is 5.92 Å². The lowest BCUT2D eigenvalue weighted by Crippen LogP contribution is -2.33. The number of hydrogen-bond donors (Lipinski definition) is 0. The van der Waals surface area contributed by atoms with Crippen LogP contribution < -0.4 is 0 Å². The summed E-state index contributed by atoms with van der Waals surface area (Å²) in [5.41, 5.74) is 1.18. The third-order valence-electron chi connectivity index (χ3n) is 3.36. The van der Waals surface area contributed by atoms with E-state index in [9.17, 15) is 9.59 Å². The number of benzene rings is 1. The Kier molecular flexibility index (Phi) is 2.35. The molecular weight excluding hydrogens is 218 g/mol. The molecule has 2 aliphatic rings. The van der Waals surface area contributed by atoms with Gasteiger partial charge in [-0.2, -0.15) is 0 Å². The second-order valence-electron chi connectivity index (χ2n) is 4.46. The summed E-state index contributed by atoms with van der Waals surface area (Å²) in [6.45, 7) is 0.725. The fourth-order valence-electron chi connectivity index (χ4n) is 2.33. The lowest BCUT2D eigenvalue weighted by molar-refractivity contribution is -0.129. The molecular formula is C13H13NO3. The minimum absolute atomic E-state index is 0.0388. The van der Waals surface area contributed by atoms with Crippen molar-refractivity contribution < 1.29 is 14.3 Å². The number of cyclic esters (lactones) is 1. The van der Waals surface area contributed by atoms with E-state index in [0.29, 0.717) is 13.2 Å². The Balaban J connectivity index is 1.69. The Labute approximate surface area is 99.2 Å². The molecule has 0 bridgehead atoms. The number of imide groups is 1.